The number of rotatable bonds is 4. The highest BCUT2D eigenvalue weighted by Crippen LogP contribution is 2.15. The van der Waals surface area contributed by atoms with Gasteiger partial charge in [0.1, 0.15) is 6.04 Å². The number of carbonyl (C=O) groups is 2. The SMILES string of the molecule is CCC1C(=O)NCC(=O)N1Cc1ccc(OC)nc1. The van der Waals surface area contributed by atoms with Gasteiger partial charge in [-0.15, -0.1) is 0 Å². The van der Waals surface area contributed by atoms with Crippen molar-refractivity contribution in [2.75, 3.05) is 13.7 Å². The molecule has 0 saturated carbocycles. The van der Waals surface area contributed by atoms with Crippen LogP contribution in [-0.2, 0) is 16.1 Å². The third-order valence-electron chi connectivity index (χ3n) is 3.16. The molecule has 0 aromatic carbocycles. The van der Waals surface area contributed by atoms with Crippen LogP contribution in [0.1, 0.15) is 18.9 Å². The van der Waals surface area contributed by atoms with E-state index in [1.54, 1.807) is 24.3 Å². The Labute approximate surface area is 111 Å². The van der Waals surface area contributed by atoms with E-state index in [-0.39, 0.29) is 18.4 Å². The standard InChI is InChI=1S/C13H17N3O3/c1-3-10-13(18)15-7-12(17)16(10)8-9-4-5-11(19-2)14-6-9/h4-6,10H,3,7-8H2,1-2H3,(H,15,18). The summed E-state index contributed by atoms with van der Waals surface area (Å²) < 4.78 is 4.98. The van der Waals surface area contributed by atoms with Crippen molar-refractivity contribution < 1.29 is 14.3 Å². The van der Waals surface area contributed by atoms with Crippen molar-refractivity contribution in [3.05, 3.63) is 23.9 Å². The Balaban J connectivity index is 2.14. The van der Waals surface area contributed by atoms with Crippen LogP contribution in [0.25, 0.3) is 0 Å². The van der Waals surface area contributed by atoms with Gasteiger partial charge in [0.25, 0.3) is 0 Å². The van der Waals surface area contributed by atoms with Gasteiger partial charge in [0, 0.05) is 18.8 Å². The molecular formula is C13H17N3O3. The van der Waals surface area contributed by atoms with Crippen LogP contribution >= 0.6 is 0 Å². The van der Waals surface area contributed by atoms with E-state index >= 15 is 0 Å². The summed E-state index contributed by atoms with van der Waals surface area (Å²) in [5.74, 6) is 0.365. The zero-order chi connectivity index (χ0) is 13.8. The first kappa shape index (κ1) is 13.3. The van der Waals surface area contributed by atoms with Crippen LogP contribution in [0.2, 0.25) is 0 Å². The van der Waals surface area contributed by atoms with Crippen molar-refractivity contribution in [1.29, 1.82) is 0 Å². The Morgan fingerprint density at radius 2 is 2.26 bits per heavy atom. The quantitative estimate of drug-likeness (QED) is 0.849. The molecule has 1 aliphatic rings. The summed E-state index contributed by atoms with van der Waals surface area (Å²) in [4.78, 5) is 29.3. The molecule has 6 heteroatoms. The van der Waals surface area contributed by atoms with E-state index in [4.69, 9.17) is 4.74 Å². The van der Waals surface area contributed by atoms with E-state index in [1.807, 2.05) is 13.0 Å². The molecule has 0 radical (unpaired) electrons. The van der Waals surface area contributed by atoms with Crippen LogP contribution < -0.4 is 10.1 Å². The van der Waals surface area contributed by atoms with Crippen molar-refractivity contribution in [1.82, 2.24) is 15.2 Å². The molecule has 2 heterocycles. The first-order chi connectivity index (χ1) is 9.15. The van der Waals surface area contributed by atoms with E-state index in [2.05, 4.69) is 10.3 Å². The van der Waals surface area contributed by atoms with E-state index in [0.717, 1.165) is 5.56 Å². The highest BCUT2D eigenvalue weighted by atomic mass is 16.5. The fraction of sp³-hybridized carbons (Fsp3) is 0.462. The molecule has 2 rings (SSSR count). The first-order valence-corrected chi connectivity index (χ1v) is 6.21. The van der Waals surface area contributed by atoms with Crippen molar-refractivity contribution in [2.24, 2.45) is 0 Å². The molecule has 1 aliphatic heterocycles. The molecule has 2 amide bonds. The average Bonchev–Trinajstić information content (AvgIpc) is 2.44. The summed E-state index contributed by atoms with van der Waals surface area (Å²) in [7, 11) is 1.55. The maximum absolute atomic E-state index is 11.9. The Bertz CT molecular complexity index is 473. The number of amides is 2. The van der Waals surface area contributed by atoms with Gasteiger partial charge in [0.15, 0.2) is 0 Å². The van der Waals surface area contributed by atoms with Gasteiger partial charge in [-0.1, -0.05) is 13.0 Å². The number of piperazine rings is 1. The molecule has 102 valence electrons. The fourth-order valence-corrected chi connectivity index (χ4v) is 2.12. The number of hydrogen-bond acceptors (Lipinski definition) is 4. The molecule has 0 bridgehead atoms. The normalized spacial score (nSPS) is 19.3. The van der Waals surface area contributed by atoms with Crippen LogP contribution in [0.3, 0.4) is 0 Å². The van der Waals surface area contributed by atoms with Gasteiger partial charge in [-0.3, -0.25) is 9.59 Å². The molecule has 0 aliphatic carbocycles. The minimum atomic E-state index is -0.400. The number of methoxy groups -OCH3 is 1. The third kappa shape index (κ3) is 2.83. The van der Waals surface area contributed by atoms with E-state index in [9.17, 15) is 9.59 Å². The molecule has 1 aromatic rings. The van der Waals surface area contributed by atoms with Crippen molar-refractivity contribution in [2.45, 2.75) is 25.9 Å². The summed E-state index contributed by atoms with van der Waals surface area (Å²) >= 11 is 0. The minimum Gasteiger partial charge on any atom is -0.481 e. The summed E-state index contributed by atoms with van der Waals surface area (Å²) in [5.41, 5.74) is 0.877. The molecule has 1 atom stereocenters. The van der Waals surface area contributed by atoms with Gasteiger partial charge in [-0.05, 0) is 12.0 Å². The second kappa shape index (κ2) is 5.69. The summed E-state index contributed by atoms with van der Waals surface area (Å²) in [6.07, 6.45) is 2.26. The maximum Gasteiger partial charge on any atom is 0.243 e. The largest absolute Gasteiger partial charge is 0.481 e. The Morgan fingerprint density at radius 1 is 1.47 bits per heavy atom. The Morgan fingerprint density at radius 3 is 2.84 bits per heavy atom. The predicted octanol–water partition coefficient (Wildman–Crippen LogP) is 0.327. The van der Waals surface area contributed by atoms with Gasteiger partial charge in [0.2, 0.25) is 17.7 Å². The fourth-order valence-electron chi connectivity index (χ4n) is 2.12. The maximum atomic E-state index is 11.9. The van der Waals surface area contributed by atoms with Gasteiger partial charge in [-0.25, -0.2) is 4.98 Å². The number of nitrogens with one attached hydrogen (secondary N) is 1. The predicted molar refractivity (Wildman–Crippen MR) is 68.4 cm³/mol. The lowest BCUT2D eigenvalue weighted by molar-refractivity contribution is -0.146. The molecule has 1 saturated heterocycles. The second-order valence-electron chi connectivity index (χ2n) is 4.37. The van der Waals surface area contributed by atoms with Crippen molar-refractivity contribution in [3.63, 3.8) is 0 Å². The average molecular weight is 263 g/mol. The molecule has 0 spiro atoms. The number of nitrogens with zero attached hydrogens (tertiary/aromatic N) is 2. The smallest absolute Gasteiger partial charge is 0.243 e. The lowest BCUT2D eigenvalue weighted by atomic mass is 10.1. The van der Waals surface area contributed by atoms with E-state index < -0.39 is 6.04 Å². The lowest BCUT2D eigenvalue weighted by Crippen LogP contribution is -2.57. The van der Waals surface area contributed by atoms with E-state index in [0.29, 0.717) is 18.8 Å². The van der Waals surface area contributed by atoms with Gasteiger partial charge < -0.3 is 15.0 Å². The Hall–Kier alpha value is -2.11. The molecule has 1 aromatic heterocycles. The molecule has 19 heavy (non-hydrogen) atoms. The number of hydrogen-bond donors (Lipinski definition) is 1. The van der Waals surface area contributed by atoms with Crippen molar-refractivity contribution >= 4 is 11.8 Å². The van der Waals surface area contributed by atoms with Crippen LogP contribution in [0.5, 0.6) is 5.88 Å². The molecule has 1 fully saturated rings. The third-order valence-corrected chi connectivity index (χ3v) is 3.16. The summed E-state index contributed by atoms with van der Waals surface area (Å²) in [6.45, 7) is 2.35. The number of ether oxygens (including phenoxy) is 1. The number of carbonyl (C=O) groups excluding carboxylic acids is 2. The molecule has 6 nitrogen and oxygen atoms in total. The molecular weight excluding hydrogens is 246 g/mol. The number of aromatic nitrogens is 1. The van der Waals surface area contributed by atoms with Gasteiger partial charge in [-0.2, -0.15) is 0 Å². The van der Waals surface area contributed by atoms with E-state index in [1.165, 1.54) is 0 Å². The van der Waals surface area contributed by atoms with Crippen LogP contribution in [-0.4, -0.2) is 41.4 Å². The Kier molecular flexibility index (Phi) is 3.99. The zero-order valence-corrected chi connectivity index (χ0v) is 11.0. The van der Waals surface area contributed by atoms with Crippen LogP contribution in [0.4, 0.5) is 0 Å². The van der Waals surface area contributed by atoms with Crippen LogP contribution in [0.15, 0.2) is 18.3 Å². The first-order valence-electron chi connectivity index (χ1n) is 6.21. The zero-order valence-electron chi connectivity index (χ0n) is 11.0. The lowest BCUT2D eigenvalue weighted by Gasteiger charge is -2.34. The van der Waals surface area contributed by atoms with Crippen LogP contribution in [0, 0.1) is 0 Å². The second-order valence-corrected chi connectivity index (χ2v) is 4.37. The molecule has 1 unspecified atom stereocenters. The van der Waals surface area contributed by atoms with Crippen molar-refractivity contribution in [3.8, 4) is 5.88 Å². The van der Waals surface area contributed by atoms with Gasteiger partial charge >= 0.3 is 0 Å². The molecule has 1 N–H and O–H groups in total. The highest BCUT2D eigenvalue weighted by Gasteiger charge is 2.32. The monoisotopic (exact) mass is 263 g/mol. The summed E-state index contributed by atoms with van der Waals surface area (Å²) in [5, 5.41) is 2.60. The van der Waals surface area contributed by atoms with Gasteiger partial charge in [0.05, 0.1) is 13.7 Å². The number of pyridine rings is 1. The topological polar surface area (TPSA) is 71.5 Å². The minimum absolute atomic E-state index is 0.0673. The highest BCUT2D eigenvalue weighted by molar-refractivity contribution is 5.94. The summed E-state index contributed by atoms with van der Waals surface area (Å²) in [6, 6.07) is 3.19.